The van der Waals surface area contributed by atoms with E-state index in [2.05, 4.69) is 11.9 Å². The third-order valence-electron chi connectivity index (χ3n) is 3.57. The van der Waals surface area contributed by atoms with Gasteiger partial charge in [-0.25, -0.2) is 0 Å². The molecule has 2 heterocycles. The molecule has 18 heavy (non-hydrogen) atoms. The average Bonchev–Trinajstić information content (AvgIpc) is 2.77. The number of rotatable bonds is 4. The monoisotopic (exact) mass is 267 g/mol. The predicted molar refractivity (Wildman–Crippen MR) is 74.0 cm³/mol. The summed E-state index contributed by atoms with van der Waals surface area (Å²) in [5, 5.41) is 0. The van der Waals surface area contributed by atoms with Crippen molar-refractivity contribution >= 4 is 18.1 Å². The smallest absolute Gasteiger partial charge is 0.224 e. The topological polar surface area (TPSA) is 41.0 Å². The van der Waals surface area contributed by atoms with E-state index in [0.717, 1.165) is 37.1 Å². The molecule has 1 saturated heterocycles. The minimum atomic E-state index is 0.264. The Morgan fingerprint density at radius 3 is 2.78 bits per heavy atom. The zero-order valence-corrected chi connectivity index (χ0v) is 11.8. The maximum atomic E-state index is 12.1. The summed E-state index contributed by atoms with van der Waals surface area (Å²) in [7, 11) is 0. The first-order valence-electron chi connectivity index (χ1n) is 6.77. The number of piperidine rings is 1. The molecule has 1 amide bonds. The minimum Gasteiger partial charge on any atom is -0.343 e. The van der Waals surface area contributed by atoms with Gasteiger partial charge in [0.1, 0.15) is 0 Å². The minimum absolute atomic E-state index is 0.264. The number of hydrogen-bond donors (Lipinski definition) is 1. The Kier molecular flexibility index (Phi) is 4.58. The van der Waals surface area contributed by atoms with Crippen LogP contribution in [0.5, 0.6) is 0 Å². The zero-order valence-electron chi connectivity index (χ0n) is 10.9. The van der Waals surface area contributed by atoms with E-state index >= 15 is 0 Å². The highest BCUT2D eigenvalue weighted by Gasteiger charge is 2.16. The molecule has 5 heteroatoms. The van der Waals surface area contributed by atoms with Gasteiger partial charge in [-0.05, 0) is 37.9 Å². The Hall–Kier alpha value is -1.10. The van der Waals surface area contributed by atoms with Gasteiger partial charge >= 0.3 is 0 Å². The molecule has 0 aliphatic carbocycles. The van der Waals surface area contributed by atoms with Gasteiger partial charge in [-0.15, -0.1) is 0 Å². The lowest BCUT2D eigenvalue weighted by Crippen LogP contribution is -2.36. The van der Waals surface area contributed by atoms with Gasteiger partial charge in [0.05, 0.1) is 0 Å². The molecular formula is C13H21N3OS. The summed E-state index contributed by atoms with van der Waals surface area (Å²) >= 11 is 5.23. The van der Waals surface area contributed by atoms with Crippen LogP contribution in [0, 0.1) is 4.77 Å². The summed E-state index contributed by atoms with van der Waals surface area (Å²) in [5.74, 6) is 0.264. The van der Waals surface area contributed by atoms with Gasteiger partial charge in [-0.3, -0.25) is 4.79 Å². The Bertz CT molecular complexity index is 457. The Balaban J connectivity index is 1.92. The Morgan fingerprint density at radius 1 is 1.39 bits per heavy atom. The lowest BCUT2D eigenvalue weighted by atomic mass is 10.1. The largest absolute Gasteiger partial charge is 0.343 e. The number of imidazole rings is 1. The maximum absolute atomic E-state index is 12.1. The summed E-state index contributed by atoms with van der Waals surface area (Å²) in [6, 6.07) is 0. The fourth-order valence-corrected chi connectivity index (χ4v) is 2.75. The van der Waals surface area contributed by atoms with Crippen LogP contribution in [0.15, 0.2) is 6.20 Å². The normalized spacial score (nSPS) is 15.9. The lowest BCUT2D eigenvalue weighted by molar-refractivity contribution is -0.132. The highest BCUT2D eigenvalue weighted by Crippen LogP contribution is 2.11. The molecular weight excluding hydrogens is 246 g/mol. The van der Waals surface area contributed by atoms with Crippen LogP contribution in [0.3, 0.4) is 0 Å². The first-order chi connectivity index (χ1) is 8.72. The number of aryl methyl sites for hydroxylation is 1. The fraction of sp³-hybridized carbons (Fsp3) is 0.692. The molecule has 1 aliphatic rings. The van der Waals surface area contributed by atoms with Gasteiger partial charge in [0.15, 0.2) is 4.77 Å². The number of nitrogens with one attached hydrogen (secondary N) is 1. The second-order valence-electron chi connectivity index (χ2n) is 4.78. The highest BCUT2D eigenvalue weighted by molar-refractivity contribution is 7.71. The second kappa shape index (κ2) is 6.18. The quantitative estimate of drug-likeness (QED) is 0.852. The van der Waals surface area contributed by atoms with Crippen molar-refractivity contribution in [2.24, 2.45) is 0 Å². The first kappa shape index (κ1) is 13.3. The lowest BCUT2D eigenvalue weighted by Gasteiger charge is -2.26. The standard InChI is InChI=1S/C13H21N3OS/c1-2-11-10-14-13(18)16(11)9-6-12(17)15-7-4-3-5-8-15/h10H,2-9H2,1H3,(H,14,18). The van der Waals surface area contributed by atoms with Crippen molar-refractivity contribution in [1.29, 1.82) is 0 Å². The first-order valence-corrected chi connectivity index (χ1v) is 7.18. The molecule has 1 aromatic heterocycles. The number of amides is 1. The number of H-pyrrole nitrogens is 1. The predicted octanol–water partition coefficient (Wildman–Crippen LogP) is 2.51. The van der Waals surface area contributed by atoms with Gasteiger partial charge in [-0.1, -0.05) is 6.92 Å². The van der Waals surface area contributed by atoms with E-state index in [9.17, 15) is 4.79 Å². The van der Waals surface area contributed by atoms with Crippen LogP contribution >= 0.6 is 12.2 Å². The maximum Gasteiger partial charge on any atom is 0.224 e. The third kappa shape index (κ3) is 3.02. The number of aromatic nitrogens is 2. The summed E-state index contributed by atoms with van der Waals surface area (Å²) in [6.45, 7) is 4.65. The summed E-state index contributed by atoms with van der Waals surface area (Å²) in [5.41, 5.74) is 1.17. The zero-order chi connectivity index (χ0) is 13.0. The van der Waals surface area contributed by atoms with E-state index in [1.807, 2.05) is 15.7 Å². The summed E-state index contributed by atoms with van der Waals surface area (Å²) in [4.78, 5) is 17.1. The van der Waals surface area contributed by atoms with Crippen LogP contribution < -0.4 is 0 Å². The second-order valence-corrected chi connectivity index (χ2v) is 5.17. The van der Waals surface area contributed by atoms with Crippen LogP contribution in [-0.2, 0) is 17.8 Å². The van der Waals surface area contributed by atoms with Crippen molar-refractivity contribution in [3.63, 3.8) is 0 Å². The van der Waals surface area contributed by atoms with E-state index in [1.54, 1.807) is 0 Å². The Labute approximate surface area is 113 Å². The van der Waals surface area contributed by atoms with Crippen LogP contribution in [0.2, 0.25) is 0 Å². The number of nitrogens with zero attached hydrogens (tertiary/aromatic N) is 2. The van der Waals surface area contributed by atoms with Crippen molar-refractivity contribution in [1.82, 2.24) is 14.5 Å². The molecule has 2 rings (SSSR count). The summed E-state index contributed by atoms with van der Waals surface area (Å²) < 4.78 is 2.76. The molecule has 1 aromatic rings. The highest BCUT2D eigenvalue weighted by atomic mass is 32.1. The van der Waals surface area contributed by atoms with Crippen LogP contribution in [0.25, 0.3) is 0 Å². The van der Waals surface area contributed by atoms with Crippen molar-refractivity contribution in [3.8, 4) is 0 Å². The Morgan fingerprint density at radius 2 is 2.11 bits per heavy atom. The number of hydrogen-bond acceptors (Lipinski definition) is 2. The number of likely N-dealkylation sites (tertiary alicyclic amines) is 1. The van der Waals surface area contributed by atoms with Gasteiger partial charge in [0.2, 0.25) is 5.91 Å². The number of aromatic amines is 1. The molecule has 0 aromatic carbocycles. The van der Waals surface area contributed by atoms with Crippen LogP contribution in [0.4, 0.5) is 0 Å². The molecule has 0 atom stereocenters. The molecule has 0 spiro atoms. The van der Waals surface area contributed by atoms with Crippen molar-refractivity contribution in [2.45, 2.75) is 45.6 Å². The van der Waals surface area contributed by atoms with E-state index in [0.29, 0.717) is 13.0 Å². The molecule has 0 bridgehead atoms. The van der Waals surface area contributed by atoms with Crippen molar-refractivity contribution in [3.05, 3.63) is 16.7 Å². The molecule has 1 fully saturated rings. The molecule has 1 aliphatic heterocycles. The number of carbonyl (C=O) groups is 1. The van der Waals surface area contributed by atoms with E-state index in [4.69, 9.17) is 12.2 Å². The molecule has 0 radical (unpaired) electrons. The fourth-order valence-electron chi connectivity index (χ4n) is 2.48. The van der Waals surface area contributed by atoms with Crippen molar-refractivity contribution in [2.75, 3.05) is 13.1 Å². The van der Waals surface area contributed by atoms with Gasteiger partial charge < -0.3 is 14.5 Å². The molecule has 0 unspecified atom stereocenters. The molecule has 1 N–H and O–H groups in total. The SMILES string of the molecule is CCc1c[nH]c(=S)n1CCC(=O)N1CCCCC1. The van der Waals surface area contributed by atoms with Crippen molar-refractivity contribution < 1.29 is 4.79 Å². The molecule has 4 nitrogen and oxygen atoms in total. The van der Waals surface area contributed by atoms with Crippen LogP contribution in [-0.4, -0.2) is 33.4 Å². The van der Waals surface area contributed by atoms with Gasteiger partial charge in [-0.2, -0.15) is 0 Å². The molecule has 0 saturated carbocycles. The van der Waals surface area contributed by atoms with E-state index < -0.39 is 0 Å². The number of carbonyl (C=O) groups excluding carboxylic acids is 1. The average molecular weight is 267 g/mol. The summed E-state index contributed by atoms with van der Waals surface area (Å²) in [6.07, 6.45) is 6.98. The third-order valence-corrected chi connectivity index (χ3v) is 3.91. The van der Waals surface area contributed by atoms with Gasteiger partial charge in [0.25, 0.3) is 0 Å². The molecule has 100 valence electrons. The van der Waals surface area contributed by atoms with Crippen LogP contribution in [0.1, 0.15) is 38.3 Å². The van der Waals surface area contributed by atoms with Gasteiger partial charge in [0, 0.05) is 37.9 Å². The van der Waals surface area contributed by atoms with E-state index in [1.165, 1.54) is 12.1 Å². The van der Waals surface area contributed by atoms with E-state index in [-0.39, 0.29) is 5.91 Å².